The Morgan fingerprint density at radius 3 is 2.71 bits per heavy atom. The fourth-order valence-corrected chi connectivity index (χ4v) is 2.35. The first-order valence-electron chi connectivity index (χ1n) is 6.91. The average Bonchev–Trinajstić information content (AvgIpc) is 2.79. The second kappa shape index (κ2) is 8.74. The fourth-order valence-electron chi connectivity index (χ4n) is 1.67. The first-order chi connectivity index (χ1) is 9.92. The van der Waals surface area contributed by atoms with Gasteiger partial charge in [0.05, 0.1) is 6.54 Å². The molecule has 21 heavy (non-hydrogen) atoms. The van der Waals surface area contributed by atoms with Crippen LogP contribution in [0.25, 0.3) is 0 Å². The van der Waals surface area contributed by atoms with Gasteiger partial charge in [-0.1, -0.05) is 13.8 Å². The summed E-state index contributed by atoms with van der Waals surface area (Å²) in [5, 5.41) is 3.27. The lowest BCUT2D eigenvalue weighted by atomic mass is 10.1. The van der Waals surface area contributed by atoms with Gasteiger partial charge in [0.2, 0.25) is 11.8 Å². The van der Waals surface area contributed by atoms with Crippen molar-refractivity contribution >= 4 is 28.3 Å². The first kappa shape index (κ1) is 17.6. The first-order valence-corrected chi connectivity index (χ1v) is 7.73. The molecule has 0 radical (unpaired) electrons. The van der Waals surface area contributed by atoms with Gasteiger partial charge in [0.1, 0.15) is 6.61 Å². The van der Waals surface area contributed by atoms with Crippen molar-refractivity contribution in [1.82, 2.24) is 9.88 Å². The molecule has 7 heteroatoms. The highest BCUT2D eigenvalue weighted by Crippen LogP contribution is 2.16. The number of aryl methyl sites for hydroxylation is 1. The average molecular weight is 313 g/mol. The topological polar surface area (TPSA) is 71.5 Å². The maximum Gasteiger partial charge on any atom is 0.249 e. The van der Waals surface area contributed by atoms with Gasteiger partial charge in [0, 0.05) is 24.7 Å². The number of nitrogens with zero attached hydrogens (tertiary/aromatic N) is 2. The molecule has 2 amide bonds. The predicted molar refractivity (Wildman–Crippen MR) is 83.4 cm³/mol. The lowest BCUT2D eigenvalue weighted by Crippen LogP contribution is -2.40. The van der Waals surface area contributed by atoms with Gasteiger partial charge in [-0.15, -0.1) is 11.3 Å². The van der Waals surface area contributed by atoms with Gasteiger partial charge in [-0.25, -0.2) is 4.98 Å². The van der Waals surface area contributed by atoms with E-state index in [-0.39, 0.29) is 25.0 Å². The number of carbonyl (C=O) groups is 2. The van der Waals surface area contributed by atoms with Gasteiger partial charge in [-0.05, 0) is 19.3 Å². The van der Waals surface area contributed by atoms with Gasteiger partial charge in [0.15, 0.2) is 5.13 Å². The van der Waals surface area contributed by atoms with Crippen molar-refractivity contribution in [3.63, 3.8) is 0 Å². The second-order valence-electron chi connectivity index (χ2n) is 5.26. The SMILES string of the molecule is COCC(=O)N(CCC(C)C)CC(=O)Nc1ncc(C)s1. The summed E-state index contributed by atoms with van der Waals surface area (Å²) in [4.78, 5) is 30.6. The molecule has 0 bridgehead atoms. The second-order valence-corrected chi connectivity index (χ2v) is 6.49. The summed E-state index contributed by atoms with van der Waals surface area (Å²) in [6, 6.07) is 0. The standard InChI is InChI=1S/C14H23N3O3S/c1-10(2)5-6-17(13(19)9-20-4)8-12(18)16-14-15-7-11(3)21-14/h7,10H,5-6,8-9H2,1-4H3,(H,15,16,18). The molecule has 1 rings (SSSR count). The summed E-state index contributed by atoms with van der Waals surface area (Å²) < 4.78 is 4.86. The van der Waals surface area contributed by atoms with Crippen molar-refractivity contribution in [3.05, 3.63) is 11.1 Å². The summed E-state index contributed by atoms with van der Waals surface area (Å²) in [5.41, 5.74) is 0. The van der Waals surface area contributed by atoms with Crippen LogP contribution in [-0.4, -0.2) is 48.5 Å². The van der Waals surface area contributed by atoms with E-state index in [0.29, 0.717) is 17.6 Å². The van der Waals surface area contributed by atoms with E-state index in [9.17, 15) is 9.59 Å². The van der Waals surface area contributed by atoms with Crippen LogP contribution < -0.4 is 5.32 Å². The maximum atomic E-state index is 12.0. The smallest absolute Gasteiger partial charge is 0.249 e. The molecule has 0 unspecified atom stereocenters. The molecule has 0 saturated heterocycles. The molecule has 0 spiro atoms. The van der Waals surface area contributed by atoms with Crippen LogP contribution in [0.3, 0.4) is 0 Å². The molecule has 1 heterocycles. The number of hydrogen-bond acceptors (Lipinski definition) is 5. The van der Waals surface area contributed by atoms with Crippen LogP contribution in [0.15, 0.2) is 6.20 Å². The molecule has 0 saturated carbocycles. The van der Waals surface area contributed by atoms with Crippen LogP contribution in [0, 0.1) is 12.8 Å². The van der Waals surface area contributed by atoms with Gasteiger partial charge in [0.25, 0.3) is 0 Å². The third-order valence-corrected chi connectivity index (χ3v) is 3.63. The minimum absolute atomic E-state index is 0.0122. The summed E-state index contributed by atoms with van der Waals surface area (Å²) >= 11 is 1.41. The Balaban J connectivity index is 2.57. The highest BCUT2D eigenvalue weighted by Gasteiger charge is 2.18. The van der Waals surface area contributed by atoms with E-state index in [2.05, 4.69) is 24.1 Å². The number of aromatic nitrogens is 1. The molecular formula is C14H23N3O3S. The van der Waals surface area contributed by atoms with Crippen molar-refractivity contribution in [2.24, 2.45) is 5.92 Å². The number of methoxy groups -OCH3 is 1. The number of thiazole rings is 1. The van der Waals surface area contributed by atoms with Gasteiger partial charge < -0.3 is 15.0 Å². The van der Waals surface area contributed by atoms with Crippen molar-refractivity contribution in [1.29, 1.82) is 0 Å². The largest absolute Gasteiger partial charge is 0.375 e. The Morgan fingerprint density at radius 1 is 1.48 bits per heavy atom. The van der Waals surface area contributed by atoms with Crippen molar-refractivity contribution in [2.45, 2.75) is 27.2 Å². The van der Waals surface area contributed by atoms with E-state index in [1.807, 2.05) is 6.92 Å². The van der Waals surface area contributed by atoms with E-state index < -0.39 is 0 Å². The minimum Gasteiger partial charge on any atom is -0.375 e. The molecule has 6 nitrogen and oxygen atoms in total. The number of rotatable bonds is 8. The van der Waals surface area contributed by atoms with Gasteiger partial charge in [-0.3, -0.25) is 9.59 Å². The third-order valence-electron chi connectivity index (χ3n) is 2.80. The Bertz CT molecular complexity index is 474. The summed E-state index contributed by atoms with van der Waals surface area (Å²) in [5.74, 6) is 0.0497. The van der Waals surface area contributed by atoms with Crippen LogP contribution in [0.1, 0.15) is 25.1 Å². The zero-order valence-electron chi connectivity index (χ0n) is 13.0. The number of amides is 2. The summed E-state index contributed by atoms with van der Waals surface area (Å²) in [6.07, 6.45) is 2.55. The van der Waals surface area contributed by atoms with E-state index >= 15 is 0 Å². The Morgan fingerprint density at radius 2 is 2.19 bits per heavy atom. The predicted octanol–water partition coefficient (Wildman–Crippen LogP) is 1.91. The van der Waals surface area contributed by atoms with Crippen LogP contribution in [0.5, 0.6) is 0 Å². The zero-order chi connectivity index (χ0) is 15.8. The highest BCUT2D eigenvalue weighted by molar-refractivity contribution is 7.15. The van der Waals surface area contributed by atoms with Crippen molar-refractivity contribution < 1.29 is 14.3 Å². The van der Waals surface area contributed by atoms with Crippen molar-refractivity contribution in [2.75, 3.05) is 32.1 Å². The maximum absolute atomic E-state index is 12.0. The molecule has 1 aromatic rings. The minimum atomic E-state index is -0.238. The number of nitrogens with one attached hydrogen (secondary N) is 1. The molecule has 0 aromatic carbocycles. The Hall–Kier alpha value is -1.47. The normalized spacial score (nSPS) is 10.7. The Kier molecular flexibility index (Phi) is 7.31. The fraction of sp³-hybridized carbons (Fsp3) is 0.643. The van der Waals surface area contributed by atoms with Gasteiger partial charge >= 0.3 is 0 Å². The molecule has 0 aliphatic heterocycles. The molecule has 0 fully saturated rings. The van der Waals surface area contributed by atoms with Crippen LogP contribution >= 0.6 is 11.3 Å². The molecule has 0 aliphatic rings. The van der Waals surface area contributed by atoms with Crippen LogP contribution in [-0.2, 0) is 14.3 Å². The van der Waals surface area contributed by atoms with Gasteiger partial charge in [-0.2, -0.15) is 0 Å². The van der Waals surface area contributed by atoms with E-state index in [1.54, 1.807) is 6.20 Å². The number of anilines is 1. The van der Waals surface area contributed by atoms with Crippen LogP contribution in [0.4, 0.5) is 5.13 Å². The Labute approximate surface area is 129 Å². The number of hydrogen-bond donors (Lipinski definition) is 1. The lowest BCUT2D eigenvalue weighted by Gasteiger charge is -2.22. The van der Waals surface area contributed by atoms with E-state index in [4.69, 9.17) is 4.74 Å². The summed E-state index contributed by atoms with van der Waals surface area (Å²) in [7, 11) is 1.47. The molecular weight excluding hydrogens is 290 g/mol. The number of carbonyl (C=O) groups excluding carboxylic acids is 2. The van der Waals surface area contributed by atoms with Crippen molar-refractivity contribution in [3.8, 4) is 0 Å². The molecule has 0 aliphatic carbocycles. The summed E-state index contributed by atoms with van der Waals surface area (Å²) in [6.45, 7) is 6.64. The molecule has 0 atom stereocenters. The lowest BCUT2D eigenvalue weighted by molar-refractivity contribution is -0.138. The molecule has 118 valence electrons. The molecule has 1 aromatic heterocycles. The third kappa shape index (κ3) is 6.68. The number of ether oxygens (including phenoxy) is 1. The quantitative estimate of drug-likeness (QED) is 0.796. The monoisotopic (exact) mass is 313 g/mol. The zero-order valence-corrected chi connectivity index (χ0v) is 13.8. The highest BCUT2D eigenvalue weighted by atomic mass is 32.1. The molecule has 1 N–H and O–H groups in total. The van der Waals surface area contributed by atoms with Crippen LogP contribution in [0.2, 0.25) is 0 Å². The van der Waals surface area contributed by atoms with E-state index in [0.717, 1.165) is 11.3 Å². The van der Waals surface area contributed by atoms with E-state index in [1.165, 1.54) is 23.3 Å².